The van der Waals surface area contributed by atoms with Gasteiger partial charge in [-0.3, -0.25) is 4.79 Å². The first-order valence-electron chi connectivity index (χ1n) is 5.46. The third-order valence-electron chi connectivity index (χ3n) is 2.44. The smallest absolute Gasteiger partial charge is 0.256 e. The average molecular weight is 322 g/mol. The Balaban J connectivity index is 2.18. The van der Waals surface area contributed by atoms with E-state index in [9.17, 15) is 4.79 Å². The molecule has 0 fully saturated rings. The second kappa shape index (κ2) is 5.71. The van der Waals surface area contributed by atoms with Crippen molar-refractivity contribution in [3.8, 4) is 5.88 Å². The van der Waals surface area contributed by atoms with Crippen LogP contribution in [0.4, 0.5) is 11.4 Å². The van der Waals surface area contributed by atoms with Gasteiger partial charge in [0, 0.05) is 16.2 Å². The highest BCUT2D eigenvalue weighted by Crippen LogP contribution is 2.21. The van der Waals surface area contributed by atoms with Crippen molar-refractivity contribution >= 4 is 33.2 Å². The quantitative estimate of drug-likeness (QED) is 0.852. The van der Waals surface area contributed by atoms with Gasteiger partial charge in [0.15, 0.2) is 0 Å². The highest BCUT2D eigenvalue weighted by molar-refractivity contribution is 9.10. The number of anilines is 2. The minimum absolute atomic E-state index is 0.258. The van der Waals surface area contributed by atoms with E-state index in [0.717, 1.165) is 0 Å². The molecule has 0 atom stereocenters. The Morgan fingerprint density at radius 2 is 2.16 bits per heavy atom. The van der Waals surface area contributed by atoms with Crippen molar-refractivity contribution in [2.75, 3.05) is 18.2 Å². The number of aromatic nitrogens is 1. The first-order valence-corrected chi connectivity index (χ1v) is 6.26. The summed E-state index contributed by atoms with van der Waals surface area (Å²) in [6.07, 6.45) is 1.52. The molecule has 0 aliphatic carbocycles. The fourth-order valence-corrected chi connectivity index (χ4v) is 1.92. The van der Waals surface area contributed by atoms with Gasteiger partial charge in [-0.25, -0.2) is 4.98 Å². The molecule has 2 rings (SSSR count). The van der Waals surface area contributed by atoms with Gasteiger partial charge in [-0.2, -0.15) is 0 Å². The zero-order chi connectivity index (χ0) is 13.8. The third-order valence-corrected chi connectivity index (χ3v) is 3.13. The Labute approximate surface area is 118 Å². The van der Waals surface area contributed by atoms with E-state index in [1.165, 1.54) is 13.3 Å². The molecule has 0 radical (unpaired) electrons. The molecule has 0 bridgehead atoms. The average Bonchev–Trinajstić information content (AvgIpc) is 2.42. The van der Waals surface area contributed by atoms with Gasteiger partial charge in [0.1, 0.15) is 0 Å². The maximum Gasteiger partial charge on any atom is 0.256 e. The van der Waals surface area contributed by atoms with Crippen LogP contribution < -0.4 is 15.8 Å². The lowest BCUT2D eigenvalue weighted by molar-refractivity contribution is 0.102. The molecule has 19 heavy (non-hydrogen) atoms. The van der Waals surface area contributed by atoms with Gasteiger partial charge in [-0.1, -0.05) is 0 Å². The lowest BCUT2D eigenvalue weighted by Gasteiger charge is -2.08. The molecule has 1 aromatic carbocycles. The summed E-state index contributed by atoms with van der Waals surface area (Å²) in [6.45, 7) is 0. The first-order chi connectivity index (χ1) is 9.10. The van der Waals surface area contributed by atoms with Gasteiger partial charge in [0.25, 0.3) is 5.91 Å². The van der Waals surface area contributed by atoms with E-state index in [-0.39, 0.29) is 5.91 Å². The number of rotatable bonds is 3. The molecule has 0 saturated heterocycles. The van der Waals surface area contributed by atoms with Crippen LogP contribution in [0, 0.1) is 0 Å². The molecule has 0 spiro atoms. The number of methoxy groups -OCH3 is 1. The monoisotopic (exact) mass is 321 g/mol. The molecular weight excluding hydrogens is 310 g/mol. The summed E-state index contributed by atoms with van der Waals surface area (Å²) in [5.74, 6) is 0.231. The Morgan fingerprint density at radius 3 is 2.79 bits per heavy atom. The highest BCUT2D eigenvalue weighted by Gasteiger charge is 2.11. The van der Waals surface area contributed by atoms with Crippen LogP contribution in [0.1, 0.15) is 10.4 Å². The van der Waals surface area contributed by atoms with Crippen LogP contribution in [0.25, 0.3) is 0 Å². The van der Waals surface area contributed by atoms with Gasteiger partial charge in [0.05, 0.1) is 24.6 Å². The summed E-state index contributed by atoms with van der Waals surface area (Å²) in [6, 6.07) is 8.44. The predicted molar refractivity (Wildman–Crippen MR) is 77.3 cm³/mol. The Bertz CT molecular complexity index is 599. The Hall–Kier alpha value is -2.08. The van der Waals surface area contributed by atoms with E-state index in [0.29, 0.717) is 27.3 Å². The van der Waals surface area contributed by atoms with Crippen molar-refractivity contribution < 1.29 is 9.53 Å². The zero-order valence-electron chi connectivity index (χ0n) is 10.2. The van der Waals surface area contributed by atoms with Gasteiger partial charge < -0.3 is 15.8 Å². The van der Waals surface area contributed by atoms with Crippen molar-refractivity contribution in [1.82, 2.24) is 4.98 Å². The standard InChI is InChI=1S/C13H12BrN3O2/c1-19-12-5-3-9(7-16-12)17-13(18)10-6-8(15)2-4-11(10)14/h2-7H,15H2,1H3,(H,17,18). The van der Waals surface area contributed by atoms with Gasteiger partial charge in [-0.05, 0) is 40.2 Å². The number of amides is 1. The minimum atomic E-state index is -0.258. The predicted octanol–water partition coefficient (Wildman–Crippen LogP) is 2.69. The lowest BCUT2D eigenvalue weighted by atomic mass is 10.2. The molecule has 98 valence electrons. The lowest BCUT2D eigenvalue weighted by Crippen LogP contribution is -2.13. The van der Waals surface area contributed by atoms with Gasteiger partial charge >= 0.3 is 0 Å². The number of hydrogen-bond acceptors (Lipinski definition) is 4. The van der Waals surface area contributed by atoms with Crippen LogP contribution in [0.2, 0.25) is 0 Å². The van der Waals surface area contributed by atoms with E-state index in [2.05, 4.69) is 26.2 Å². The molecule has 1 aromatic heterocycles. The van der Waals surface area contributed by atoms with Crippen LogP contribution in [-0.2, 0) is 0 Å². The Morgan fingerprint density at radius 1 is 1.37 bits per heavy atom. The van der Waals surface area contributed by atoms with Crippen LogP contribution in [0.15, 0.2) is 41.0 Å². The second-order valence-electron chi connectivity index (χ2n) is 3.78. The van der Waals surface area contributed by atoms with Crippen molar-refractivity contribution in [2.24, 2.45) is 0 Å². The minimum Gasteiger partial charge on any atom is -0.481 e. The van der Waals surface area contributed by atoms with Gasteiger partial charge in [-0.15, -0.1) is 0 Å². The van der Waals surface area contributed by atoms with Crippen LogP contribution in [0.5, 0.6) is 5.88 Å². The molecule has 3 N–H and O–H groups in total. The normalized spacial score (nSPS) is 10.0. The van der Waals surface area contributed by atoms with Crippen LogP contribution >= 0.6 is 15.9 Å². The van der Waals surface area contributed by atoms with Crippen molar-refractivity contribution in [1.29, 1.82) is 0 Å². The van der Waals surface area contributed by atoms with Crippen molar-refractivity contribution in [3.05, 3.63) is 46.6 Å². The maximum atomic E-state index is 12.1. The number of pyridine rings is 1. The number of halogens is 1. The van der Waals surface area contributed by atoms with Gasteiger partial charge in [0.2, 0.25) is 5.88 Å². The Kier molecular flexibility index (Phi) is 4.01. The zero-order valence-corrected chi connectivity index (χ0v) is 11.8. The second-order valence-corrected chi connectivity index (χ2v) is 4.64. The number of nitrogens with zero attached hydrogens (tertiary/aromatic N) is 1. The number of carbonyl (C=O) groups is 1. The topological polar surface area (TPSA) is 77.2 Å². The molecule has 1 heterocycles. The molecule has 0 aliphatic heterocycles. The fourth-order valence-electron chi connectivity index (χ4n) is 1.49. The molecule has 0 unspecified atom stereocenters. The van der Waals surface area contributed by atoms with E-state index in [4.69, 9.17) is 10.5 Å². The van der Waals surface area contributed by atoms with E-state index in [1.807, 2.05) is 0 Å². The molecule has 1 amide bonds. The summed E-state index contributed by atoms with van der Waals surface area (Å²) in [7, 11) is 1.53. The molecule has 0 aliphatic rings. The summed E-state index contributed by atoms with van der Waals surface area (Å²) in [4.78, 5) is 16.1. The number of carbonyl (C=O) groups excluding carboxylic acids is 1. The third kappa shape index (κ3) is 3.23. The first kappa shape index (κ1) is 13.4. The molecule has 2 aromatic rings. The molecule has 6 heteroatoms. The molecule has 5 nitrogen and oxygen atoms in total. The highest BCUT2D eigenvalue weighted by atomic mass is 79.9. The summed E-state index contributed by atoms with van der Waals surface area (Å²) >= 11 is 3.32. The van der Waals surface area contributed by atoms with Crippen molar-refractivity contribution in [2.45, 2.75) is 0 Å². The van der Waals surface area contributed by atoms with E-state index >= 15 is 0 Å². The largest absolute Gasteiger partial charge is 0.481 e. The van der Waals surface area contributed by atoms with E-state index < -0.39 is 0 Å². The van der Waals surface area contributed by atoms with E-state index in [1.54, 1.807) is 30.3 Å². The number of nitrogens with one attached hydrogen (secondary N) is 1. The summed E-state index contributed by atoms with van der Waals surface area (Å²) < 4.78 is 5.63. The molecule has 0 saturated carbocycles. The summed E-state index contributed by atoms with van der Waals surface area (Å²) in [5.41, 5.74) is 7.25. The number of benzene rings is 1. The molecular formula is C13H12BrN3O2. The fraction of sp³-hybridized carbons (Fsp3) is 0.0769. The number of nitrogens with two attached hydrogens (primary N) is 1. The summed E-state index contributed by atoms with van der Waals surface area (Å²) in [5, 5.41) is 2.74. The van der Waals surface area contributed by atoms with Crippen LogP contribution in [0.3, 0.4) is 0 Å². The SMILES string of the molecule is COc1ccc(NC(=O)c2cc(N)ccc2Br)cn1. The van der Waals surface area contributed by atoms with Crippen LogP contribution in [-0.4, -0.2) is 18.0 Å². The van der Waals surface area contributed by atoms with Crippen molar-refractivity contribution in [3.63, 3.8) is 0 Å². The number of nitrogen functional groups attached to an aromatic ring is 1. The number of ether oxygens (including phenoxy) is 1. The number of hydrogen-bond donors (Lipinski definition) is 2. The maximum absolute atomic E-state index is 12.1.